The van der Waals surface area contributed by atoms with Crippen LogP contribution in [-0.4, -0.2) is 33.2 Å². The average molecular weight is 414 g/mol. The summed E-state index contributed by atoms with van der Waals surface area (Å²) in [5.74, 6) is -1.49. The van der Waals surface area contributed by atoms with Crippen LogP contribution in [0.4, 0.5) is 10.1 Å². The van der Waals surface area contributed by atoms with E-state index in [0.717, 1.165) is 4.68 Å². The molecular formula is C18H15FN6O3S. The third-order valence-corrected chi connectivity index (χ3v) is 5.28. The maximum atomic E-state index is 13.2. The number of nitrogens with two attached hydrogens (primary N) is 1. The van der Waals surface area contributed by atoms with Crippen molar-refractivity contribution in [1.82, 2.24) is 9.66 Å². The van der Waals surface area contributed by atoms with Crippen molar-refractivity contribution in [3.8, 4) is 0 Å². The predicted octanol–water partition coefficient (Wildman–Crippen LogP) is 1.10. The molecule has 0 aliphatic carbocycles. The third-order valence-electron chi connectivity index (χ3n) is 4.47. The molecule has 0 saturated carbocycles. The summed E-state index contributed by atoms with van der Waals surface area (Å²) < 4.78 is 14.2. The van der Waals surface area contributed by atoms with Gasteiger partial charge in [-0.2, -0.15) is 5.10 Å². The van der Waals surface area contributed by atoms with Crippen molar-refractivity contribution in [2.24, 2.45) is 10.8 Å². The van der Waals surface area contributed by atoms with Gasteiger partial charge < -0.3 is 5.73 Å². The van der Waals surface area contributed by atoms with E-state index in [0.29, 0.717) is 21.7 Å². The number of thiophene rings is 1. The highest BCUT2D eigenvalue weighted by Gasteiger charge is 2.35. The molecule has 1 atom stereocenters. The Morgan fingerprint density at radius 1 is 1.28 bits per heavy atom. The molecule has 0 bridgehead atoms. The standard InChI is InChI=1S/C18H15FN6O3S/c1-9-21-17-12(6-7-29-17)18(28)24(9)23-16(27)13-8-14(15(20)26)25(22-13)11-4-2-10(19)3-5-11/h2-7,14H,8H2,1H3,(H2,20,26)(H,23,27). The van der Waals surface area contributed by atoms with Crippen LogP contribution >= 0.6 is 11.3 Å². The van der Waals surface area contributed by atoms with Crippen molar-refractivity contribution in [3.63, 3.8) is 0 Å². The van der Waals surface area contributed by atoms with Crippen LogP contribution in [0.25, 0.3) is 10.2 Å². The number of carbonyl (C=O) groups is 2. The first-order valence-corrected chi connectivity index (χ1v) is 9.43. The molecule has 3 heterocycles. The fourth-order valence-corrected chi connectivity index (χ4v) is 3.81. The van der Waals surface area contributed by atoms with Crippen molar-refractivity contribution in [3.05, 3.63) is 57.7 Å². The number of hydrogen-bond donors (Lipinski definition) is 2. The van der Waals surface area contributed by atoms with E-state index < -0.39 is 29.2 Å². The molecule has 3 aromatic rings. The molecular weight excluding hydrogens is 399 g/mol. The number of halogens is 1. The molecule has 11 heteroatoms. The second-order valence-electron chi connectivity index (χ2n) is 6.37. The number of hydrazone groups is 1. The molecule has 1 aliphatic heterocycles. The highest BCUT2D eigenvalue weighted by molar-refractivity contribution is 7.16. The van der Waals surface area contributed by atoms with Gasteiger partial charge >= 0.3 is 0 Å². The number of hydrogen-bond acceptors (Lipinski definition) is 7. The number of carbonyl (C=O) groups excluding carboxylic acids is 2. The third kappa shape index (κ3) is 3.36. The smallest absolute Gasteiger partial charge is 0.286 e. The second kappa shape index (κ2) is 7.09. The highest BCUT2D eigenvalue weighted by Crippen LogP contribution is 2.25. The van der Waals surface area contributed by atoms with Crippen LogP contribution < -0.4 is 21.7 Å². The molecule has 0 fully saturated rings. The minimum absolute atomic E-state index is 0.00911. The normalized spacial score (nSPS) is 16.1. The van der Waals surface area contributed by atoms with E-state index in [-0.39, 0.29) is 12.1 Å². The van der Waals surface area contributed by atoms with Gasteiger partial charge in [0.25, 0.3) is 11.5 Å². The van der Waals surface area contributed by atoms with E-state index in [1.165, 1.54) is 40.6 Å². The predicted molar refractivity (Wildman–Crippen MR) is 107 cm³/mol. The molecule has 1 aromatic carbocycles. The van der Waals surface area contributed by atoms with Gasteiger partial charge in [-0.1, -0.05) is 0 Å². The topological polar surface area (TPSA) is 123 Å². The lowest BCUT2D eigenvalue weighted by atomic mass is 10.1. The number of fused-ring (bicyclic) bond motifs is 1. The molecule has 1 aliphatic rings. The van der Waals surface area contributed by atoms with Crippen LogP contribution in [0, 0.1) is 12.7 Å². The zero-order chi connectivity index (χ0) is 20.7. The zero-order valence-electron chi connectivity index (χ0n) is 15.1. The van der Waals surface area contributed by atoms with Gasteiger partial charge in [0, 0.05) is 6.42 Å². The quantitative estimate of drug-likeness (QED) is 0.662. The van der Waals surface area contributed by atoms with Crippen LogP contribution in [0.1, 0.15) is 12.2 Å². The molecule has 2 aromatic heterocycles. The van der Waals surface area contributed by atoms with E-state index in [1.807, 2.05) is 0 Å². The first-order chi connectivity index (χ1) is 13.8. The number of aryl methyl sites for hydroxylation is 1. The van der Waals surface area contributed by atoms with Crippen LogP contribution in [0.3, 0.4) is 0 Å². The number of amides is 2. The number of rotatable bonds is 4. The van der Waals surface area contributed by atoms with Gasteiger partial charge in [-0.3, -0.25) is 24.8 Å². The van der Waals surface area contributed by atoms with Gasteiger partial charge in [0.1, 0.15) is 28.2 Å². The SMILES string of the molecule is Cc1nc2sccc2c(=O)n1NC(=O)C1=NN(c2ccc(F)cc2)C(C(N)=O)C1. The van der Waals surface area contributed by atoms with Crippen molar-refractivity contribution < 1.29 is 14.0 Å². The highest BCUT2D eigenvalue weighted by atomic mass is 32.1. The number of nitrogens with one attached hydrogen (secondary N) is 1. The fraction of sp³-hybridized carbons (Fsp3) is 0.167. The summed E-state index contributed by atoms with van der Waals surface area (Å²) in [4.78, 5) is 42.0. The maximum Gasteiger partial charge on any atom is 0.286 e. The lowest BCUT2D eigenvalue weighted by Gasteiger charge is -2.20. The van der Waals surface area contributed by atoms with Gasteiger partial charge in [0.05, 0.1) is 11.1 Å². The Labute approximate surface area is 167 Å². The number of benzene rings is 1. The first-order valence-electron chi connectivity index (χ1n) is 8.55. The Balaban J connectivity index is 1.65. The minimum Gasteiger partial charge on any atom is -0.368 e. The van der Waals surface area contributed by atoms with Crippen LogP contribution in [0.2, 0.25) is 0 Å². The molecule has 0 spiro atoms. The van der Waals surface area contributed by atoms with Gasteiger partial charge in [-0.05, 0) is 42.6 Å². The summed E-state index contributed by atoms with van der Waals surface area (Å²) in [6.07, 6.45) is -0.0551. The largest absolute Gasteiger partial charge is 0.368 e. The molecule has 9 nitrogen and oxygen atoms in total. The van der Waals surface area contributed by atoms with Gasteiger partial charge in [-0.25, -0.2) is 14.1 Å². The number of primary amides is 1. The Kier molecular flexibility index (Phi) is 4.59. The molecule has 3 N–H and O–H groups in total. The van der Waals surface area contributed by atoms with E-state index in [2.05, 4.69) is 15.5 Å². The molecule has 29 heavy (non-hydrogen) atoms. The number of anilines is 1. The van der Waals surface area contributed by atoms with Crippen LogP contribution in [0.15, 0.2) is 45.6 Å². The molecule has 0 radical (unpaired) electrons. The Morgan fingerprint density at radius 3 is 2.69 bits per heavy atom. The summed E-state index contributed by atoms with van der Waals surface area (Å²) in [6, 6.07) is 6.01. The molecule has 148 valence electrons. The summed E-state index contributed by atoms with van der Waals surface area (Å²) >= 11 is 1.33. The average Bonchev–Trinajstić information content (AvgIpc) is 3.33. The van der Waals surface area contributed by atoms with Crippen molar-refractivity contribution >= 4 is 44.8 Å². The molecule has 2 amide bonds. The summed E-state index contributed by atoms with van der Waals surface area (Å²) in [6.45, 7) is 1.59. The second-order valence-corrected chi connectivity index (χ2v) is 7.26. The summed E-state index contributed by atoms with van der Waals surface area (Å²) in [7, 11) is 0. The monoisotopic (exact) mass is 414 g/mol. The van der Waals surface area contributed by atoms with Gasteiger partial charge in [0.2, 0.25) is 5.91 Å². The maximum absolute atomic E-state index is 13.2. The molecule has 4 rings (SSSR count). The van der Waals surface area contributed by atoms with Crippen LogP contribution in [-0.2, 0) is 9.59 Å². The van der Waals surface area contributed by atoms with Gasteiger partial charge in [-0.15, -0.1) is 11.3 Å². The summed E-state index contributed by atoms with van der Waals surface area (Å²) in [5, 5.41) is 7.58. The first kappa shape index (κ1) is 18.7. The fourth-order valence-electron chi connectivity index (χ4n) is 3.01. The Morgan fingerprint density at radius 2 is 2.00 bits per heavy atom. The van der Waals surface area contributed by atoms with E-state index in [9.17, 15) is 18.8 Å². The molecule has 1 unspecified atom stereocenters. The van der Waals surface area contributed by atoms with E-state index in [1.54, 1.807) is 18.4 Å². The van der Waals surface area contributed by atoms with E-state index >= 15 is 0 Å². The summed E-state index contributed by atoms with van der Waals surface area (Å²) in [5.41, 5.74) is 7.93. The molecule has 0 saturated heterocycles. The number of nitrogens with zero attached hydrogens (tertiary/aromatic N) is 4. The van der Waals surface area contributed by atoms with Crippen molar-refractivity contribution in [2.45, 2.75) is 19.4 Å². The van der Waals surface area contributed by atoms with Crippen molar-refractivity contribution in [1.29, 1.82) is 0 Å². The van der Waals surface area contributed by atoms with Crippen LogP contribution in [0.5, 0.6) is 0 Å². The number of aromatic nitrogens is 2. The Hall–Kier alpha value is -3.60. The Bertz CT molecular complexity index is 1220. The zero-order valence-corrected chi connectivity index (χ0v) is 15.9. The van der Waals surface area contributed by atoms with Crippen molar-refractivity contribution in [2.75, 3.05) is 10.4 Å². The lowest BCUT2D eigenvalue weighted by Crippen LogP contribution is -2.40. The lowest BCUT2D eigenvalue weighted by molar-refractivity contribution is -0.119. The minimum atomic E-state index is -0.906. The van der Waals surface area contributed by atoms with Gasteiger partial charge in [0.15, 0.2) is 0 Å². The van der Waals surface area contributed by atoms with E-state index in [4.69, 9.17) is 5.73 Å².